The molecular weight excluding hydrogens is 218 g/mol. The molecule has 0 atom stereocenters. The molecule has 17 heavy (non-hydrogen) atoms. The largest absolute Gasteiger partial charge is 0.454 e. The van der Waals surface area contributed by atoms with E-state index in [0.29, 0.717) is 0 Å². The van der Waals surface area contributed by atoms with E-state index in [-0.39, 0.29) is 6.79 Å². The molecule has 2 aliphatic rings. The summed E-state index contributed by atoms with van der Waals surface area (Å²) >= 11 is 0. The van der Waals surface area contributed by atoms with Gasteiger partial charge in [-0.2, -0.15) is 0 Å². The maximum atomic E-state index is 11.3. The van der Waals surface area contributed by atoms with E-state index in [4.69, 9.17) is 9.47 Å². The number of benzene rings is 1. The number of nitrogens with zero attached hydrogens (tertiary/aromatic N) is 1. The molecule has 0 saturated carbocycles. The first-order chi connectivity index (χ1) is 8.38. The van der Waals surface area contributed by atoms with Crippen molar-refractivity contribution in [3.05, 3.63) is 23.4 Å². The molecule has 4 rings (SSSR count). The zero-order chi connectivity index (χ0) is 11.4. The number of rotatable bonds is 1. The van der Waals surface area contributed by atoms with Crippen molar-refractivity contribution in [1.82, 2.24) is 4.57 Å². The molecule has 86 valence electrons. The van der Waals surface area contributed by atoms with Crippen LogP contribution < -0.4 is 9.47 Å². The fraction of sp³-hybridized carbons (Fsp3) is 0.308. The first kappa shape index (κ1) is 9.10. The van der Waals surface area contributed by atoms with Crippen molar-refractivity contribution in [2.24, 2.45) is 0 Å². The summed E-state index contributed by atoms with van der Waals surface area (Å²) in [7, 11) is 0. The number of carbonyl (C=O) groups excluding carboxylic acids is 1. The Morgan fingerprint density at radius 3 is 2.88 bits per heavy atom. The van der Waals surface area contributed by atoms with E-state index in [0.717, 1.165) is 59.3 Å². The van der Waals surface area contributed by atoms with Gasteiger partial charge in [-0.1, -0.05) is 0 Å². The predicted molar refractivity (Wildman–Crippen MR) is 61.8 cm³/mol. The Kier molecular flexibility index (Phi) is 1.62. The van der Waals surface area contributed by atoms with Crippen LogP contribution in [-0.4, -0.2) is 17.6 Å². The third-order valence-electron chi connectivity index (χ3n) is 3.62. The van der Waals surface area contributed by atoms with Gasteiger partial charge >= 0.3 is 0 Å². The SMILES string of the molecule is O=Cc1c2n(c3cc4c(cc13)OCO4)CCC2. The molecule has 0 amide bonds. The third-order valence-corrected chi connectivity index (χ3v) is 3.62. The van der Waals surface area contributed by atoms with Crippen molar-refractivity contribution in [2.75, 3.05) is 6.79 Å². The number of aldehydes is 1. The molecule has 0 spiro atoms. The number of hydrogen-bond donors (Lipinski definition) is 0. The average molecular weight is 229 g/mol. The lowest BCUT2D eigenvalue weighted by Gasteiger charge is -2.01. The van der Waals surface area contributed by atoms with Crippen LogP contribution in [0.15, 0.2) is 12.1 Å². The van der Waals surface area contributed by atoms with E-state index >= 15 is 0 Å². The van der Waals surface area contributed by atoms with Crippen LogP contribution in [-0.2, 0) is 13.0 Å². The van der Waals surface area contributed by atoms with Crippen molar-refractivity contribution >= 4 is 17.2 Å². The highest BCUT2D eigenvalue weighted by Gasteiger charge is 2.24. The summed E-state index contributed by atoms with van der Waals surface area (Å²) in [6.45, 7) is 1.25. The minimum absolute atomic E-state index is 0.269. The molecule has 3 heterocycles. The van der Waals surface area contributed by atoms with Gasteiger partial charge in [0.2, 0.25) is 6.79 Å². The maximum absolute atomic E-state index is 11.3. The van der Waals surface area contributed by atoms with Crippen molar-refractivity contribution in [2.45, 2.75) is 19.4 Å². The minimum atomic E-state index is 0.269. The van der Waals surface area contributed by atoms with Gasteiger partial charge in [0.05, 0.1) is 5.52 Å². The fourth-order valence-corrected chi connectivity index (χ4v) is 2.88. The van der Waals surface area contributed by atoms with Crippen LogP contribution in [0.1, 0.15) is 22.5 Å². The zero-order valence-corrected chi connectivity index (χ0v) is 9.23. The highest BCUT2D eigenvalue weighted by molar-refractivity contribution is 6.01. The van der Waals surface area contributed by atoms with Crippen LogP contribution in [0, 0.1) is 0 Å². The van der Waals surface area contributed by atoms with Gasteiger partial charge in [0, 0.05) is 29.3 Å². The van der Waals surface area contributed by atoms with Crippen LogP contribution in [0.5, 0.6) is 11.5 Å². The average Bonchev–Trinajstić information content (AvgIpc) is 3.00. The maximum Gasteiger partial charge on any atom is 0.231 e. The Morgan fingerprint density at radius 1 is 1.24 bits per heavy atom. The molecule has 0 unspecified atom stereocenters. The lowest BCUT2D eigenvalue weighted by Crippen LogP contribution is -1.93. The Hall–Kier alpha value is -1.97. The van der Waals surface area contributed by atoms with Gasteiger partial charge in [0.1, 0.15) is 0 Å². The van der Waals surface area contributed by atoms with E-state index in [1.165, 1.54) is 0 Å². The summed E-state index contributed by atoms with van der Waals surface area (Å²) in [5, 5.41) is 0.985. The van der Waals surface area contributed by atoms with Crippen molar-refractivity contribution in [1.29, 1.82) is 0 Å². The molecule has 0 aliphatic carbocycles. The van der Waals surface area contributed by atoms with E-state index in [1.807, 2.05) is 12.1 Å². The molecule has 0 fully saturated rings. The van der Waals surface area contributed by atoms with Crippen molar-refractivity contribution in [3.63, 3.8) is 0 Å². The molecule has 4 nitrogen and oxygen atoms in total. The molecular formula is C13H11NO3. The van der Waals surface area contributed by atoms with Gasteiger partial charge in [-0.3, -0.25) is 4.79 Å². The molecule has 1 aromatic carbocycles. The normalized spacial score (nSPS) is 16.5. The Labute approximate surface area is 97.7 Å². The standard InChI is InChI=1S/C13H11NO3/c15-6-9-8-4-12-13(17-7-16-12)5-11(8)14-3-1-2-10(9)14/h4-6H,1-3,7H2. The van der Waals surface area contributed by atoms with Crippen LogP contribution >= 0.6 is 0 Å². The Balaban J connectivity index is 2.12. The quantitative estimate of drug-likeness (QED) is 0.703. The van der Waals surface area contributed by atoms with E-state index in [1.54, 1.807) is 0 Å². The van der Waals surface area contributed by atoms with Crippen LogP contribution in [0.25, 0.3) is 10.9 Å². The van der Waals surface area contributed by atoms with Gasteiger partial charge in [-0.15, -0.1) is 0 Å². The first-order valence-electron chi connectivity index (χ1n) is 5.78. The Morgan fingerprint density at radius 2 is 2.06 bits per heavy atom. The zero-order valence-electron chi connectivity index (χ0n) is 9.23. The number of carbonyl (C=O) groups is 1. The van der Waals surface area contributed by atoms with Gasteiger partial charge in [0.15, 0.2) is 17.8 Å². The molecule has 0 N–H and O–H groups in total. The van der Waals surface area contributed by atoms with Gasteiger partial charge in [-0.25, -0.2) is 0 Å². The van der Waals surface area contributed by atoms with Crippen LogP contribution in [0.2, 0.25) is 0 Å². The number of hydrogen-bond acceptors (Lipinski definition) is 3. The second-order valence-corrected chi connectivity index (χ2v) is 4.46. The fourth-order valence-electron chi connectivity index (χ4n) is 2.88. The number of ether oxygens (including phenoxy) is 2. The lowest BCUT2D eigenvalue weighted by molar-refractivity contribution is 0.112. The van der Waals surface area contributed by atoms with E-state index in [2.05, 4.69) is 4.57 Å². The monoisotopic (exact) mass is 229 g/mol. The highest BCUT2D eigenvalue weighted by atomic mass is 16.7. The summed E-state index contributed by atoms with van der Waals surface area (Å²) in [5.74, 6) is 1.52. The lowest BCUT2D eigenvalue weighted by atomic mass is 10.1. The molecule has 2 aromatic rings. The second-order valence-electron chi connectivity index (χ2n) is 4.46. The van der Waals surface area contributed by atoms with Gasteiger partial charge in [-0.05, 0) is 18.9 Å². The minimum Gasteiger partial charge on any atom is -0.454 e. The smallest absolute Gasteiger partial charge is 0.231 e. The predicted octanol–water partition coefficient (Wildman–Crippen LogP) is 2.13. The number of aromatic nitrogens is 1. The van der Waals surface area contributed by atoms with Crippen molar-refractivity contribution in [3.8, 4) is 11.5 Å². The topological polar surface area (TPSA) is 40.5 Å². The van der Waals surface area contributed by atoms with E-state index < -0.39 is 0 Å². The summed E-state index contributed by atoms with van der Waals surface area (Å²) in [6.07, 6.45) is 3.05. The summed E-state index contributed by atoms with van der Waals surface area (Å²) in [4.78, 5) is 11.3. The van der Waals surface area contributed by atoms with E-state index in [9.17, 15) is 4.79 Å². The molecule has 4 heteroatoms. The summed E-state index contributed by atoms with van der Waals surface area (Å²) < 4.78 is 13.0. The Bertz CT molecular complexity index is 642. The van der Waals surface area contributed by atoms with Gasteiger partial charge in [0.25, 0.3) is 0 Å². The first-order valence-corrected chi connectivity index (χ1v) is 5.78. The van der Waals surface area contributed by atoms with Crippen molar-refractivity contribution < 1.29 is 14.3 Å². The molecule has 1 aromatic heterocycles. The molecule has 2 aliphatic heterocycles. The third kappa shape index (κ3) is 1.05. The molecule has 0 saturated heterocycles. The molecule has 0 bridgehead atoms. The second kappa shape index (κ2) is 3.03. The summed E-state index contributed by atoms with van der Waals surface area (Å²) in [5.41, 5.74) is 3.05. The van der Waals surface area contributed by atoms with Crippen LogP contribution in [0.4, 0.5) is 0 Å². The number of fused-ring (bicyclic) bond motifs is 4. The highest BCUT2D eigenvalue weighted by Crippen LogP contribution is 2.40. The summed E-state index contributed by atoms with van der Waals surface area (Å²) in [6, 6.07) is 3.91. The van der Waals surface area contributed by atoms with Gasteiger partial charge < -0.3 is 14.0 Å². The van der Waals surface area contributed by atoms with Crippen LogP contribution in [0.3, 0.4) is 0 Å². The molecule has 0 radical (unpaired) electrons. The number of aryl methyl sites for hydroxylation is 1.